The van der Waals surface area contributed by atoms with E-state index in [4.69, 9.17) is 0 Å². The van der Waals surface area contributed by atoms with Gasteiger partial charge >= 0.3 is 0 Å². The van der Waals surface area contributed by atoms with Crippen LogP contribution in [0.15, 0.2) is 11.3 Å². The summed E-state index contributed by atoms with van der Waals surface area (Å²) in [5.41, 5.74) is 2.42. The van der Waals surface area contributed by atoms with E-state index < -0.39 is 0 Å². The summed E-state index contributed by atoms with van der Waals surface area (Å²) in [7, 11) is 3.91. The van der Waals surface area contributed by atoms with Crippen LogP contribution in [0.1, 0.15) is 24.1 Å². The number of aryl methyl sites for hydroxylation is 1. The third kappa shape index (κ3) is 2.32. The average Bonchev–Trinajstić information content (AvgIpc) is 2.26. The summed E-state index contributed by atoms with van der Waals surface area (Å²) in [4.78, 5) is 14.8. The molecule has 4 nitrogen and oxygen atoms in total. The van der Waals surface area contributed by atoms with Gasteiger partial charge in [0.25, 0.3) is 0 Å². The Labute approximate surface area is 90.1 Å². The van der Waals surface area contributed by atoms with E-state index in [1.165, 1.54) is 24.1 Å². The summed E-state index contributed by atoms with van der Waals surface area (Å²) in [6.45, 7) is 0. The maximum Gasteiger partial charge on any atom is 0.160 e. The summed E-state index contributed by atoms with van der Waals surface area (Å²) in [6, 6.07) is 0. The van der Waals surface area contributed by atoms with Crippen molar-refractivity contribution in [2.45, 2.75) is 25.7 Å². The SMILES string of the molecule is CN(C)C=Nc1ncnc2c1CCCC2. The fourth-order valence-corrected chi connectivity index (χ4v) is 1.79. The van der Waals surface area contributed by atoms with Crippen LogP contribution in [0.3, 0.4) is 0 Å². The number of hydrogen-bond donors (Lipinski definition) is 0. The van der Waals surface area contributed by atoms with Gasteiger partial charge in [0, 0.05) is 25.4 Å². The van der Waals surface area contributed by atoms with Crippen molar-refractivity contribution in [3.8, 4) is 0 Å². The minimum Gasteiger partial charge on any atom is -0.369 e. The molecular weight excluding hydrogens is 188 g/mol. The van der Waals surface area contributed by atoms with Gasteiger partial charge in [0.2, 0.25) is 0 Å². The third-order valence-corrected chi connectivity index (χ3v) is 2.51. The van der Waals surface area contributed by atoms with Gasteiger partial charge in [-0.25, -0.2) is 15.0 Å². The van der Waals surface area contributed by atoms with Gasteiger partial charge in [-0.2, -0.15) is 0 Å². The topological polar surface area (TPSA) is 41.4 Å². The largest absolute Gasteiger partial charge is 0.369 e. The Kier molecular flexibility index (Phi) is 2.94. The summed E-state index contributed by atoms with van der Waals surface area (Å²) in [5, 5.41) is 0. The van der Waals surface area contributed by atoms with Gasteiger partial charge in [0.1, 0.15) is 6.33 Å². The molecular formula is C11H16N4. The van der Waals surface area contributed by atoms with Gasteiger partial charge < -0.3 is 4.90 Å². The molecule has 1 aliphatic rings. The number of nitrogens with zero attached hydrogens (tertiary/aromatic N) is 4. The fraction of sp³-hybridized carbons (Fsp3) is 0.545. The highest BCUT2D eigenvalue weighted by molar-refractivity contribution is 5.60. The molecule has 0 fully saturated rings. The van der Waals surface area contributed by atoms with E-state index in [2.05, 4.69) is 15.0 Å². The van der Waals surface area contributed by atoms with Crippen molar-refractivity contribution in [2.24, 2.45) is 4.99 Å². The molecule has 1 aromatic heterocycles. The Morgan fingerprint density at radius 2 is 2.07 bits per heavy atom. The number of aromatic nitrogens is 2. The summed E-state index contributed by atoms with van der Waals surface area (Å²) in [6.07, 6.45) is 8.01. The average molecular weight is 204 g/mol. The lowest BCUT2D eigenvalue weighted by Gasteiger charge is -2.15. The molecule has 0 amide bonds. The zero-order valence-corrected chi connectivity index (χ0v) is 9.27. The summed E-state index contributed by atoms with van der Waals surface area (Å²) in [5.74, 6) is 0.841. The molecule has 0 radical (unpaired) electrons. The summed E-state index contributed by atoms with van der Waals surface area (Å²) >= 11 is 0. The number of rotatable bonds is 2. The van der Waals surface area contributed by atoms with Gasteiger partial charge in [-0.3, -0.25) is 0 Å². The second-order valence-corrected chi connectivity index (χ2v) is 4.04. The van der Waals surface area contributed by atoms with Crippen molar-refractivity contribution in [1.29, 1.82) is 0 Å². The molecule has 0 saturated heterocycles. The number of fused-ring (bicyclic) bond motifs is 1. The number of aliphatic imine (C=N–C) groups is 1. The molecule has 1 heterocycles. The van der Waals surface area contributed by atoms with Crippen molar-refractivity contribution in [2.75, 3.05) is 14.1 Å². The molecule has 0 unspecified atom stereocenters. The lowest BCUT2D eigenvalue weighted by Crippen LogP contribution is -2.09. The van der Waals surface area contributed by atoms with Crippen LogP contribution in [-0.2, 0) is 12.8 Å². The predicted molar refractivity (Wildman–Crippen MR) is 60.5 cm³/mol. The zero-order valence-electron chi connectivity index (χ0n) is 9.27. The van der Waals surface area contributed by atoms with Crippen LogP contribution in [0, 0.1) is 0 Å². The van der Waals surface area contributed by atoms with Crippen molar-refractivity contribution >= 4 is 12.2 Å². The van der Waals surface area contributed by atoms with Crippen LogP contribution < -0.4 is 0 Å². The predicted octanol–water partition coefficient (Wildman–Crippen LogP) is 1.58. The Morgan fingerprint density at radius 3 is 2.87 bits per heavy atom. The molecule has 2 rings (SSSR count). The van der Waals surface area contributed by atoms with Crippen molar-refractivity contribution in [1.82, 2.24) is 14.9 Å². The monoisotopic (exact) mass is 204 g/mol. The van der Waals surface area contributed by atoms with Gasteiger partial charge in [0.15, 0.2) is 5.82 Å². The summed E-state index contributed by atoms with van der Waals surface area (Å²) < 4.78 is 0. The van der Waals surface area contributed by atoms with Gasteiger partial charge in [-0.05, 0) is 25.7 Å². The molecule has 15 heavy (non-hydrogen) atoms. The Hall–Kier alpha value is -1.45. The molecule has 0 saturated carbocycles. The minimum atomic E-state index is 0.841. The molecule has 1 aromatic rings. The van der Waals surface area contributed by atoms with Crippen LogP contribution in [0.4, 0.5) is 5.82 Å². The number of hydrogen-bond acceptors (Lipinski definition) is 3. The molecule has 0 atom stereocenters. The Balaban J connectivity index is 2.31. The highest BCUT2D eigenvalue weighted by Gasteiger charge is 2.14. The van der Waals surface area contributed by atoms with E-state index in [-0.39, 0.29) is 0 Å². The van der Waals surface area contributed by atoms with E-state index in [9.17, 15) is 0 Å². The van der Waals surface area contributed by atoms with E-state index in [1.807, 2.05) is 19.0 Å². The first-order valence-corrected chi connectivity index (χ1v) is 5.31. The smallest absolute Gasteiger partial charge is 0.160 e. The molecule has 0 bridgehead atoms. The first-order chi connectivity index (χ1) is 7.27. The van der Waals surface area contributed by atoms with Crippen LogP contribution in [-0.4, -0.2) is 35.3 Å². The molecule has 1 aliphatic carbocycles. The van der Waals surface area contributed by atoms with E-state index in [0.29, 0.717) is 0 Å². The molecule has 0 aromatic carbocycles. The Bertz CT molecular complexity index is 371. The van der Waals surface area contributed by atoms with Gasteiger partial charge in [0.05, 0.1) is 6.34 Å². The lowest BCUT2D eigenvalue weighted by atomic mass is 9.97. The van der Waals surface area contributed by atoms with E-state index in [1.54, 1.807) is 12.7 Å². The normalized spacial score (nSPS) is 15.3. The van der Waals surface area contributed by atoms with Crippen LogP contribution >= 0.6 is 0 Å². The van der Waals surface area contributed by atoms with Crippen molar-refractivity contribution < 1.29 is 0 Å². The molecule has 4 heteroatoms. The van der Waals surface area contributed by atoms with Gasteiger partial charge in [-0.1, -0.05) is 0 Å². The molecule has 0 spiro atoms. The highest BCUT2D eigenvalue weighted by atomic mass is 15.1. The first-order valence-electron chi connectivity index (χ1n) is 5.31. The van der Waals surface area contributed by atoms with Gasteiger partial charge in [-0.15, -0.1) is 0 Å². The minimum absolute atomic E-state index is 0.841. The second kappa shape index (κ2) is 4.38. The van der Waals surface area contributed by atoms with Crippen LogP contribution in [0.25, 0.3) is 0 Å². The van der Waals surface area contributed by atoms with Crippen LogP contribution in [0.5, 0.6) is 0 Å². The van der Waals surface area contributed by atoms with Crippen molar-refractivity contribution in [3.63, 3.8) is 0 Å². The van der Waals surface area contributed by atoms with Crippen LogP contribution in [0.2, 0.25) is 0 Å². The lowest BCUT2D eigenvalue weighted by molar-refractivity contribution is 0.640. The fourth-order valence-electron chi connectivity index (χ4n) is 1.79. The zero-order chi connectivity index (χ0) is 10.7. The second-order valence-electron chi connectivity index (χ2n) is 4.04. The standard InChI is InChI=1S/C11H16N4/c1-15(2)8-14-11-9-5-3-4-6-10(9)12-7-13-11/h7-8H,3-6H2,1-2H3. The maximum atomic E-state index is 4.37. The van der Waals surface area contributed by atoms with E-state index >= 15 is 0 Å². The quantitative estimate of drug-likeness (QED) is 0.542. The maximum absolute atomic E-state index is 4.37. The van der Waals surface area contributed by atoms with Crippen molar-refractivity contribution in [3.05, 3.63) is 17.6 Å². The molecule has 80 valence electrons. The molecule has 0 N–H and O–H groups in total. The highest BCUT2D eigenvalue weighted by Crippen LogP contribution is 2.25. The Morgan fingerprint density at radius 1 is 1.27 bits per heavy atom. The first kappa shape index (κ1) is 10.1. The van der Waals surface area contributed by atoms with E-state index in [0.717, 1.165) is 18.7 Å². The third-order valence-electron chi connectivity index (χ3n) is 2.51. The molecule has 0 aliphatic heterocycles.